The maximum absolute atomic E-state index is 12.8. The van der Waals surface area contributed by atoms with Gasteiger partial charge in [0, 0.05) is 18.8 Å². The van der Waals surface area contributed by atoms with Crippen molar-refractivity contribution >= 4 is 27.7 Å². The van der Waals surface area contributed by atoms with E-state index < -0.39 is 16.1 Å². The molecule has 0 radical (unpaired) electrons. The van der Waals surface area contributed by atoms with E-state index in [0.29, 0.717) is 25.2 Å². The fraction of sp³-hybridized carbons (Fsp3) is 0.381. The molecule has 0 aliphatic carbocycles. The van der Waals surface area contributed by atoms with Gasteiger partial charge in [-0.3, -0.25) is 9.59 Å². The summed E-state index contributed by atoms with van der Waals surface area (Å²) in [5.74, 6) is -0.431. The zero-order valence-electron chi connectivity index (χ0n) is 17.0. The van der Waals surface area contributed by atoms with Gasteiger partial charge in [-0.1, -0.05) is 24.3 Å². The summed E-state index contributed by atoms with van der Waals surface area (Å²) in [4.78, 5) is 31.4. The van der Waals surface area contributed by atoms with Gasteiger partial charge in [-0.2, -0.15) is 4.72 Å². The van der Waals surface area contributed by atoms with Crippen molar-refractivity contribution in [3.05, 3.63) is 54.2 Å². The largest absolute Gasteiger partial charge is 0.341 e. The number of nitrogens with one attached hydrogen (secondary N) is 2. The van der Waals surface area contributed by atoms with E-state index >= 15 is 0 Å². The number of likely N-dealkylation sites (tertiary alicyclic amines) is 1. The van der Waals surface area contributed by atoms with E-state index in [4.69, 9.17) is 0 Å². The average molecular weight is 431 g/mol. The zero-order valence-corrected chi connectivity index (χ0v) is 17.9. The first kappa shape index (κ1) is 21.9. The van der Waals surface area contributed by atoms with Crippen LogP contribution >= 0.6 is 0 Å². The van der Waals surface area contributed by atoms with Gasteiger partial charge in [0.05, 0.1) is 16.9 Å². The predicted molar refractivity (Wildman–Crippen MR) is 113 cm³/mol. The Hall–Kier alpha value is -2.78. The molecule has 2 atom stereocenters. The zero-order chi connectivity index (χ0) is 21.7. The summed E-state index contributed by atoms with van der Waals surface area (Å²) in [6.45, 7) is 4.09. The lowest BCUT2D eigenvalue weighted by molar-refractivity contribution is -0.135. The highest BCUT2D eigenvalue weighted by Crippen LogP contribution is 2.20. The van der Waals surface area contributed by atoms with Crippen molar-refractivity contribution in [2.75, 3.05) is 18.4 Å². The van der Waals surface area contributed by atoms with Crippen LogP contribution in [0.3, 0.4) is 0 Å². The summed E-state index contributed by atoms with van der Waals surface area (Å²) >= 11 is 0. The van der Waals surface area contributed by atoms with Gasteiger partial charge in [-0.15, -0.1) is 0 Å². The molecule has 1 aromatic carbocycles. The van der Waals surface area contributed by atoms with Gasteiger partial charge in [0.15, 0.2) is 0 Å². The third-order valence-corrected chi connectivity index (χ3v) is 6.56. The lowest BCUT2D eigenvalue weighted by Gasteiger charge is -2.33. The van der Waals surface area contributed by atoms with Crippen molar-refractivity contribution in [3.63, 3.8) is 0 Å². The molecule has 1 aliphatic rings. The van der Waals surface area contributed by atoms with Gasteiger partial charge >= 0.3 is 0 Å². The number of carbonyl (C=O) groups is 2. The van der Waals surface area contributed by atoms with Crippen LogP contribution < -0.4 is 10.0 Å². The SMILES string of the molecule is Cc1cccc(NC(=O)C2CCCN(C(=O)[C@H](C)NS(=O)(=O)c3ccccc3)C2)n1. The fourth-order valence-electron chi connectivity index (χ4n) is 3.46. The Balaban J connectivity index is 1.61. The second-order valence-electron chi connectivity index (χ2n) is 7.43. The van der Waals surface area contributed by atoms with Gasteiger partial charge in [-0.05, 0) is 51.0 Å². The number of anilines is 1. The normalized spacial score (nSPS) is 17.9. The lowest BCUT2D eigenvalue weighted by atomic mass is 9.96. The summed E-state index contributed by atoms with van der Waals surface area (Å²) in [7, 11) is -3.80. The van der Waals surface area contributed by atoms with Crippen LogP contribution in [0.25, 0.3) is 0 Å². The number of hydrogen-bond acceptors (Lipinski definition) is 5. The van der Waals surface area contributed by atoms with Gasteiger partial charge in [0.25, 0.3) is 0 Å². The van der Waals surface area contributed by atoms with Gasteiger partial charge in [0.2, 0.25) is 21.8 Å². The second-order valence-corrected chi connectivity index (χ2v) is 9.15. The Bertz CT molecular complexity index is 1010. The van der Waals surface area contributed by atoms with E-state index in [1.54, 1.807) is 29.2 Å². The number of piperidine rings is 1. The molecule has 2 N–H and O–H groups in total. The van der Waals surface area contributed by atoms with Crippen LogP contribution in [0.15, 0.2) is 53.4 Å². The van der Waals surface area contributed by atoms with Crippen LogP contribution in [0, 0.1) is 12.8 Å². The van der Waals surface area contributed by atoms with Crippen LogP contribution in [-0.4, -0.2) is 49.2 Å². The van der Waals surface area contributed by atoms with Gasteiger partial charge in [0.1, 0.15) is 5.82 Å². The minimum atomic E-state index is -3.80. The topological polar surface area (TPSA) is 108 Å². The number of rotatable bonds is 6. The molecule has 2 amide bonds. The third-order valence-electron chi connectivity index (χ3n) is 5.00. The lowest BCUT2D eigenvalue weighted by Crippen LogP contribution is -2.51. The molecule has 160 valence electrons. The number of nitrogens with zero attached hydrogens (tertiary/aromatic N) is 2. The third kappa shape index (κ3) is 5.43. The van der Waals surface area contributed by atoms with Crippen molar-refractivity contribution in [1.82, 2.24) is 14.6 Å². The number of pyridine rings is 1. The molecule has 1 aliphatic heterocycles. The summed E-state index contributed by atoms with van der Waals surface area (Å²) in [6.07, 6.45) is 1.33. The maximum atomic E-state index is 12.8. The number of carbonyl (C=O) groups excluding carboxylic acids is 2. The van der Waals surface area contributed by atoms with Crippen LogP contribution in [-0.2, 0) is 19.6 Å². The summed E-state index contributed by atoms with van der Waals surface area (Å²) in [5.41, 5.74) is 0.799. The summed E-state index contributed by atoms with van der Waals surface area (Å²) in [6, 6.07) is 12.4. The molecule has 1 fully saturated rings. The van der Waals surface area contributed by atoms with Crippen LogP contribution in [0.1, 0.15) is 25.5 Å². The van der Waals surface area contributed by atoms with Gasteiger partial charge in [-0.25, -0.2) is 13.4 Å². The van der Waals surface area contributed by atoms with Crippen molar-refractivity contribution in [3.8, 4) is 0 Å². The van der Waals surface area contributed by atoms with E-state index in [-0.39, 0.29) is 29.2 Å². The van der Waals surface area contributed by atoms with Crippen LogP contribution in [0.2, 0.25) is 0 Å². The highest BCUT2D eigenvalue weighted by molar-refractivity contribution is 7.89. The Morgan fingerprint density at radius 2 is 1.87 bits per heavy atom. The number of hydrogen-bond donors (Lipinski definition) is 2. The highest BCUT2D eigenvalue weighted by atomic mass is 32.2. The predicted octanol–water partition coefficient (Wildman–Crippen LogP) is 1.93. The molecule has 30 heavy (non-hydrogen) atoms. The number of aromatic nitrogens is 1. The average Bonchev–Trinajstić information content (AvgIpc) is 2.73. The number of aryl methyl sites for hydroxylation is 1. The Morgan fingerprint density at radius 1 is 1.13 bits per heavy atom. The number of sulfonamides is 1. The summed E-state index contributed by atoms with van der Waals surface area (Å²) in [5, 5.41) is 2.80. The van der Waals surface area contributed by atoms with Gasteiger partial charge < -0.3 is 10.2 Å². The molecule has 9 heteroatoms. The van der Waals surface area contributed by atoms with E-state index in [0.717, 1.165) is 5.69 Å². The molecular weight excluding hydrogens is 404 g/mol. The fourth-order valence-corrected chi connectivity index (χ4v) is 4.67. The summed E-state index contributed by atoms with van der Waals surface area (Å²) < 4.78 is 27.4. The Kier molecular flexibility index (Phi) is 6.84. The molecule has 1 saturated heterocycles. The van der Waals surface area contributed by atoms with E-state index in [1.807, 2.05) is 19.1 Å². The van der Waals surface area contributed by atoms with Crippen molar-refractivity contribution in [1.29, 1.82) is 0 Å². The monoisotopic (exact) mass is 430 g/mol. The van der Waals surface area contributed by atoms with E-state index in [2.05, 4.69) is 15.0 Å². The van der Waals surface area contributed by atoms with Crippen LogP contribution in [0.5, 0.6) is 0 Å². The van der Waals surface area contributed by atoms with E-state index in [9.17, 15) is 18.0 Å². The molecular formula is C21H26N4O4S. The molecule has 0 bridgehead atoms. The van der Waals surface area contributed by atoms with Crippen LogP contribution in [0.4, 0.5) is 5.82 Å². The molecule has 8 nitrogen and oxygen atoms in total. The molecule has 2 heterocycles. The molecule has 0 spiro atoms. The quantitative estimate of drug-likeness (QED) is 0.728. The smallest absolute Gasteiger partial charge is 0.241 e. The maximum Gasteiger partial charge on any atom is 0.241 e. The standard InChI is InChI=1S/C21H26N4O4S/c1-15-8-6-12-19(22-15)23-20(26)17-9-7-13-25(14-17)21(27)16(2)24-30(28,29)18-10-4-3-5-11-18/h3-6,8,10-12,16-17,24H,7,9,13-14H2,1-2H3,(H,22,23,26)/t16-,17?/m0/s1. The molecule has 3 rings (SSSR count). The molecule has 0 saturated carbocycles. The molecule has 1 unspecified atom stereocenters. The van der Waals surface area contributed by atoms with Crippen molar-refractivity contribution in [2.45, 2.75) is 37.6 Å². The first-order valence-electron chi connectivity index (χ1n) is 9.87. The van der Waals surface area contributed by atoms with E-state index in [1.165, 1.54) is 19.1 Å². The molecule has 1 aromatic heterocycles. The first-order chi connectivity index (χ1) is 14.3. The first-order valence-corrected chi connectivity index (χ1v) is 11.4. The Morgan fingerprint density at radius 3 is 2.57 bits per heavy atom. The van der Waals surface area contributed by atoms with Crippen molar-refractivity contribution < 1.29 is 18.0 Å². The highest BCUT2D eigenvalue weighted by Gasteiger charge is 2.32. The number of benzene rings is 1. The molecule has 2 aromatic rings. The number of amides is 2. The minimum Gasteiger partial charge on any atom is -0.341 e. The van der Waals surface area contributed by atoms with Crippen molar-refractivity contribution in [2.24, 2.45) is 5.92 Å². The minimum absolute atomic E-state index is 0.103. The Labute approximate surface area is 176 Å². The second kappa shape index (κ2) is 9.36.